The van der Waals surface area contributed by atoms with E-state index < -0.39 is 0 Å². The third kappa shape index (κ3) is 4.15. The molecule has 0 spiro atoms. The summed E-state index contributed by atoms with van der Waals surface area (Å²) in [7, 11) is 3.55. The molecule has 0 aromatic heterocycles. The minimum Gasteiger partial charge on any atom is -0.488 e. The van der Waals surface area contributed by atoms with Gasteiger partial charge < -0.3 is 20.3 Å². The summed E-state index contributed by atoms with van der Waals surface area (Å²) in [6.45, 7) is 4.62. The Bertz CT molecular complexity index is 603. The number of benzene rings is 1. The van der Waals surface area contributed by atoms with Gasteiger partial charge in [0, 0.05) is 44.7 Å². The van der Waals surface area contributed by atoms with E-state index in [0.29, 0.717) is 24.5 Å². The fourth-order valence-electron chi connectivity index (χ4n) is 2.70. The lowest BCUT2D eigenvalue weighted by Gasteiger charge is -2.30. The second kappa shape index (κ2) is 6.89. The maximum Gasteiger partial charge on any atom is 0.226 e. The molecule has 6 heteroatoms. The SMILES string of the molecule is CC(=O)N(C)C[C@H]1Oc2ccc(N)cc2CC(=O)N(C)C[C@H]1C. The summed E-state index contributed by atoms with van der Waals surface area (Å²) in [6.07, 6.45) is 0.0680. The van der Waals surface area contributed by atoms with Gasteiger partial charge in [0.05, 0.1) is 13.0 Å². The van der Waals surface area contributed by atoms with E-state index in [1.54, 1.807) is 42.1 Å². The lowest BCUT2D eigenvalue weighted by atomic mass is 10.0. The number of anilines is 1. The van der Waals surface area contributed by atoms with Gasteiger partial charge in [0.15, 0.2) is 0 Å². The van der Waals surface area contributed by atoms with Gasteiger partial charge >= 0.3 is 0 Å². The number of hydrogen-bond acceptors (Lipinski definition) is 4. The zero-order chi connectivity index (χ0) is 17.1. The summed E-state index contributed by atoms with van der Waals surface area (Å²) < 4.78 is 6.17. The largest absolute Gasteiger partial charge is 0.488 e. The van der Waals surface area contributed by atoms with Crippen molar-refractivity contribution in [3.63, 3.8) is 0 Å². The molecule has 1 aliphatic heterocycles. The maximum atomic E-state index is 12.3. The average Bonchev–Trinajstić information content (AvgIpc) is 2.51. The summed E-state index contributed by atoms with van der Waals surface area (Å²) in [5, 5.41) is 0. The van der Waals surface area contributed by atoms with Crippen LogP contribution in [0.1, 0.15) is 19.4 Å². The lowest BCUT2D eigenvalue weighted by Crippen LogP contribution is -2.43. The Morgan fingerprint density at radius 3 is 2.83 bits per heavy atom. The van der Waals surface area contributed by atoms with E-state index in [1.165, 1.54) is 6.92 Å². The van der Waals surface area contributed by atoms with Crippen LogP contribution in [0.4, 0.5) is 5.69 Å². The van der Waals surface area contributed by atoms with Crippen LogP contribution in [0.15, 0.2) is 18.2 Å². The molecule has 0 radical (unpaired) electrons. The summed E-state index contributed by atoms with van der Waals surface area (Å²) in [6, 6.07) is 5.35. The first-order valence-electron chi connectivity index (χ1n) is 7.78. The molecule has 0 bridgehead atoms. The zero-order valence-electron chi connectivity index (χ0n) is 14.2. The molecule has 126 valence electrons. The molecule has 0 fully saturated rings. The van der Waals surface area contributed by atoms with Gasteiger partial charge in [0.25, 0.3) is 0 Å². The molecular formula is C17H25N3O3. The molecule has 1 heterocycles. The standard InChI is InChI=1S/C17H25N3O3/c1-11-9-20(4)17(22)8-13-7-14(18)5-6-15(13)23-16(11)10-19(3)12(2)21/h5-7,11,16H,8-10,18H2,1-4H3/t11-,16-/m1/s1. The number of rotatable bonds is 2. The van der Waals surface area contributed by atoms with E-state index >= 15 is 0 Å². The van der Waals surface area contributed by atoms with Crippen LogP contribution >= 0.6 is 0 Å². The second-order valence-corrected chi connectivity index (χ2v) is 6.35. The number of ether oxygens (including phenoxy) is 1. The number of amides is 2. The van der Waals surface area contributed by atoms with Crippen molar-refractivity contribution in [3.8, 4) is 5.75 Å². The molecule has 23 heavy (non-hydrogen) atoms. The second-order valence-electron chi connectivity index (χ2n) is 6.35. The fraction of sp³-hybridized carbons (Fsp3) is 0.529. The van der Waals surface area contributed by atoms with Crippen molar-refractivity contribution < 1.29 is 14.3 Å². The van der Waals surface area contributed by atoms with Gasteiger partial charge in [-0.2, -0.15) is 0 Å². The van der Waals surface area contributed by atoms with Gasteiger partial charge in [-0.15, -0.1) is 0 Å². The smallest absolute Gasteiger partial charge is 0.226 e. The van der Waals surface area contributed by atoms with Crippen LogP contribution < -0.4 is 10.5 Å². The highest BCUT2D eigenvalue weighted by Gasteiger charge is 2.28. The van der Waals surface area contributed by atoms with Gasteiger partial charge in [-0.1, -0.05) is 6.92 Å². The summed E-state index contributed by atoms with van der Waals surface area (Å²) in [5.41, 5.74) is 7.23. The molecule has 2 amide bonds. The zero-order valence-corrected chi connectivity index (χ0v) is 14.2. The monoisotopic (exact) mass is 319 g/mol. The van der Waals surface area contributed by atoms with Crippen molar-refractivity contribution in [1.29, 1.82) is 0 Å². The van der Waals surface area contributed by atoms with Crippen LogP contribution in [0.25, 0.3) is 0 Å². The van der Waals surface area contributed by atoms with Crippen molar-refractivity contribution in [1.82, 2.24) is 9.80 Å². The van der Waals surface area contributed by atoms with E-state index in [2.05, 4.69) is 0 Å². The van der Waals surface area contributed by atoms with Gasteiger partial charge in [0.1, 0.15) is 11.9 Å². The Morgan fingerprint density at radius 1 is 1.48 bits per heavy atom. The number of fused-ring (bicyclic) bond motifs is 1. The molecule has 2 rings (SSSR count). The molecule has 1 aliphatic rings. The topological polar surface area (TPSA) is 75.9 Å². The van der Waals surface area contributed by atoms with E-state index in [0.717, 1.165) is 5.56 Å². The molecule has 6 nitrogen and oxygen atoms in total. The van der Waals surface area contributed by atoms with Crippen LogP contribution in [0.3, 0.4) is 0 Å². The van der Waals surface area contributed by atoms with E-state index in [1.807, 2.05) is 6.92 Å². The fourth-order valence-corrected chi connectivity index (χ4v) is 2.70. The molecule has 0 aliphatic carbocycles. The van der Waals surface area contributed by atoms with Gasteiger partial charge in [-0.05, 0) is 18.2 Å². The number of carbonyl (C=O) groups excluding carboxylic acids is 2. The van der Waals surface area contributed by atoms with Crippen molar-refractivity contribution in [2.45, 2.75) is 26.4 Å². The number of nitrogen functional groups attached to an aromatic ring is 1. The average molecular weight is 319 g/mol. The molecule has 1 aromatic rings. The van der Waals surface area contributed by atoms with Crippen molar-refractivity contribution in [2.75, 3.05) is 32.9 Å². The molecule has 0 saturated heterocycles. The Kier molecular flexibility index (Phi) is 5.13. The van der Waals surface area contributed by atoms with Gasteiger partial charge in [-0.25, -0.2) is 0 Å². The summed E-state index contributed by atoms with van der Waals surface area (Å²) in [4.78, 5) is 27.2. The van der Waals surface area contributed by atoms with Crippen LogP contribution in [0.5, 0.6) is 5.75 Å². The molecule has 0 saturated carbocycles. The highest BCUT2D eigenvalue weighted by Crippen LogP contribution is 2.27. The van der Waals surface area contributed by atoms with Crippen LogP contribution in [-0.2, 0) is 16.0 Å². The van der Waals surface area contributed by atoms with Gasteiger partial charge in [-0.3, -0.25) is 9.59 Å². The minimum absolute atomic E-state index is 0.0115. The van der Waals surface area contributed by atoms with E-state index in [-0.39, 0.29) is 30.3 Å². The minimum atomic E-state index is -0.195. The third-order valence-corrected chi connectivity index (χ3v) is 4.32. The first kappa shape index (κ1) is 17.1. The first-order valence-corrected chi connectivity index (χ1v) is 7.78. The molecule has 2 atom stereocenters. The number of nitrogens with two attached hydrogens (primary N) is 1. The van der Waals surface area contributed by atoms with Crippen molar-refractivity contribution in [3.05, 3.63) is 23.8 Å². The van der Waals surface area contributed by atoms with Crippen LogP contribution in [-0.4, -0.2) is 54.9 Å². The molecule has 2 N–H and O–H groups in total. The number of hydrogen-bond donors (Lipinski definition) is 1. The lowest BCUT2D eigenvalue weighted by molar-refractivity contribution is -0.131. The van der Waals surface area contributed by atoms with Crippen molar-refractivity contribution >= 4 is 17.5 Å². The molecule has 1 aromatic carbocycles. The first-order chi connectivity index (χ1) is 10.8. The maximum absolute atomic E-state index is 12.3. The van der Waals surface area contributed by atoms with Gasteiger partial charge in [0.2, 0.25) is 11.8 Å². The number of nitrogens with zero attached hydrogens (tertiary/aromatic N) is 2. The quantitative estimate of drug-likeness (QED) is 0.830. The van der Waals surface area contributed by atoms with Crippen LogP contribution in [0, 0.1) is 5.92 Å². The Balaban J connectivity index is 2.35. The van der Waals surface area contributed by atoms with E-state index in [4.69, 9.17) is 10.5 Å². The predicted octanol–water partition coefficient (Wildman–Crippen LogP) is 1.15. The normalized spacial score (nSPS) is 21.6. The summed E-state index contributed by atoms with van der Waals surface area (Å²) in [5.74, 6) is 0.779. The highest BCUT2D eigenvalue weighted by atomic mass is 16.5. The third-order valence-electron chi connectivity index (χ3n) is 4.32. The van der Waals surface area contributed by atoms with E-state index in [9.17, 15) is 9.59 Å². The molecular weight excluding hydrogens is 294 g/mol. The van der Waals surface area contributed by atoms with Crippen LogP contribution in [0.2, 0.25) is 0 Å². The Morgan fingerprint density at radius 2 is 2.17 bits per heavy atom. The number of carbonyl (C=O) groups is 2. The van der Waals surface area contributed by atoms with Crippen molar-refractivity contribution in [2.24, 2.45) is 5.92 Å². The molecule has 0 unspecified atom stereocenters. The summed E-state index contributed by atoms with van der Waals surface area (Å²) >= 11 is 0. The Hall–Kier alpha value is -2.24. The predicted molar refractivity (Wildman–Crippen MR) is 89.1 cm³/mol. The Labute approximate surface area is 137 Å². The highest BCUT2D eigenvalue weighted by molar-refractivity contribution is 5.80. The number of likely N-dealkylation sites (N-methyl/N-ethyl adjacent to an activating group) is 2.